The molecule has 0 saturated carbocycles. The predicted octanol–water partition coefficient (Wildman–Crippen LogP) is 6.68. The molecule has 8 nitrogen and oxygen atoms in total. The molecular weight excluding hydrogens is 572 g/mol. The van der Waals surface area contributed by atoms with E-state index in [-0.39, 0.29) is 27.0 Å². The summed E-state index contributed by atoms with van der Waals surface area (Å²) in [6.07, 6.45) is 0.766. The molecular formula is C30H26Cl2FN3O5. The molecule has 2 N–H and O–H groups in total. The van der Waals surface area contributed by atoms with Crippen LogP contribution >= 0.6 is 23.2 Å². The molecule has 0 aromatic heterocycles. The normalized spacial score (nSPS) is 13.2. The lowest BCUT2D eigenvalue weighted by Gasteiger charge is -2.16. The first kappa shape index (κ1) is 29.8. The minimum absolute atomic E-state index is 0.0565. The van der Waals surface area contributed by atoms with E-state index < -0.39 is 29.5 Å². The molecule has 41 heavy (non-hydrogen) atoms. The number of imide groups is 1. The molecule has 4 rings (SSSR count). The number of carbonyl (C=O) groups is 4. The van der Waals surface area contributed by atoms with Crippen molar-refractivity contribution in [3.63, 3.8) is 0 Å². The Morgan fingerprint density at radius 2 is 1.63 bits per heavy atom. The van der Waals surface area contributed by atoms with Gasteiger partial charge in [-0.3, -0.25) is 14.4 Å². The lowest BCUT2D eigenvalue weighted by molar-refractivity contribution is -0.120. The summed E-state index contributed by atoms with van der Waals surface area (Å²) in [5, 5.41) is 5.00. The van der Waals surface area contributed by atoms with E-state index in [0.29, 0.717) is 35.0 Å². The molecule has 0 radical (unpaired) electrons. The van der Waals surface area contributed by atoms with Crippen LogP contribution in [0, 0.1) is 18.7 Å². The predicted molar refractivity (Wildman–Crippen MR) is 156 cm³/mol. The van der Waals surface area contributed by atoms with Crippen LogP contribution in [-0.4, -0.2) is 30.3 Å². The lowest BCUT2D eigenvalue weighted by Crippen LogP contribution is -2.32. The Kier molecular flexibility index (Phi) is 9.10. The molecule has 0 aliphatic carbocycles. The number of hydrogen-bond donors (Lipinski definition) is 2. The van der Waals surface area contributed by atoms with Crippen LogP contribution in [0.4, 0.5) is 21.5 Å². The third kappa shape index (κ3) is 6.75. The van der Waals surface area contributed by atoms with Gasteiger partial charge < -0.3 is 15.4 Å². The zero-order valence-corrected chi connectivity index (χ0v) is 23.9. The summed E-state index contributed by atoms with van der Waals surface area (Å²) in [6, 6.07) is 14.5. The van der Waals surface area contributed by atoms with E-state index in [4.69, 9.17) is 27.9 Å². The van der Waals surface area contributed by atoms with Gasteiger partial charge in [0.15, 0.2) is 0 Å². The number of nitrogens with one attached hydrogen (secondary N) is 2. The standard InChI is InChI=1S/C30H26Cl2FN3O5/c1-16(2)12-13-41-30(40)18-6-8-20(9-7-18)34-27(37)19-5-4-17(3)24(14-19)35-26-25(32)28(38)36(29(26)39)21-10-11-23(33)22(31)15-21/h4-11,14-16,35H,12-13H2,1-3H3,(H,34,37). The maximum absolute atomic E-state index is 13.6. The maximum atomic E-state index is 13.6. The number of anilines is 3. The minimum atomic E-state index is -0.805. The summed E-state index contributed by atoms with van der Waals surface area (Å²) in [4.78, 5) is 51.8. The zero-order valence-electron chi connectivity index (χ0n) is 22.4. The van der Waals surface area contributed by atoms with Crippen molar-refractivity contribution < 1.29 is 28.3 Å². The van der Waals surface area contributed by atoms with Gasteiger partial charge in [-0.05, 0) is 79.4 Å². The summed E-state index contributed by atoms with van der Waals surface area (Å²) in [7, 11) is 0. The summed E-state index contributed by atoms with van der Waals surface area (Å²) in [6.45, 7) is 6.16. The van der Waals surface area contributed by atoms with Gasteiger partial charge in [-0.15, -0.1) is 0 Å². The van der Waals surface area contributed by atoms with Crippen molar-refractivity contribution in [1.82, 2.24) is 0 Å². The Labute approximate surface area is 246 Å². The van der Waals surface area contributed by atoms with Crippen LogP contribution in [0.2, 0.25) is 5.02 Å². The topological polar surface area (TPSA) is 105 Å². The molecule has 0 unspecified atom stereocenters. The van der Waals surface area contributed by atoms with E-state index in [1.54, 1.807) is 43.3 Å². The molecule has 11 heteroatoms. The number of amides is 3. The molecule has 0 spiro atoms. The van der Waals surface area contributed by atoms with Crippen LogP contribution in [0.25, 0.3) is 0 Å². The highest BCUT2D eigenvalue weighted by Gasteiger charge is 2.39. The van der Waals surface area contributed by atoms with Crippen LogP contribution in [0.15, 0.2) is 71.4 Å². The molecule has 0 atom stereocenters. The van der Waals surface area contributed by atoms with E-state index in [0.717, 1.165) is 23.5 Å². The van der Waals surface area contributed by atoms with Crippen molar-refractivity contribution in [3.8, 4) is 0 Å². The first-order chi connectivity index (χ1) is 19.5. The monoisotopic (exact) mass is 597 g/mol. The molecule has 3 aromatic rings. The average Bonchev–Trinajstić information content (AvgIpc) is 3.14. The minimum Gasteiger partial charge on any atom is -0.462 e. The van der Waals surface area contributed by atoms with Gasteiger partial charge in [-0.2, -0.15) is 0 Å². The van der Waals surface area contributed by atoms with Crippen LogP contribution in [0.5, 0.6) is 0 Å². The number of benzene rings is 3. The van der Waals surface area contributed by atoms with Gasteiger partial charge in [0.2, 0.25) is 0 Å². The number of ether oxygens (including phenoxy) is 1. The summed E-state index contributed by atoms with van der Waals surface area (Å²) < 4.78 is 18.9. The van der Waals surface area contributed by atoms with Crippen molar-refractivity contribution in [2.75, 3.05) is 22.1 Å². The van der Waals surface area contributed by atoms with Crippen LogP contribution < -0.4 is 15.5 Å². The molecule has 1 aliphatic heterocycles. The first-order valence-electron chi connectivity index (χ1n) is 12.7. The highest BCUT2D eigenvalue weighted by Crippen LogP contribution is 2.33. The quantitative estimate of drug-likeness (QED) is 0.210. The van der Waals surface area contributed by atoms with E-state index >= 15 is 0 Å². The third-order valence-electron chi connectivity index (χ3n) is 6.25. The van der Waals surface area contributed by atoms with Crippen LogP contribution in [-0.2, 0) is 14.3 Å². The fourth-order valence-electron chi connectivity index (χ4n) is 3.87. The zero-order chi connectivity index (χ0) is 29.8. The van der Waals surface area contributed by atoms with Gasteiger partial charge in [0.1, 0.15) is 16.5 Å². The Morgan fingerprint density at radius 3 is 2.29 bits per heavy atom. The lowest BCUT2D eigenvalue weighted by atomic mass is 10.1. The largest absolute Gasteiger partial charge is 0.462 e. The van der Waals surface area contributed by atoms with E-state index in [1.165, 1.54) is 12.1 Å². The van der Waals surface area contributed by atoms with Crippen molar-refractivity contribution >= 4 is 64.0 Å². The molecule has 212 valence electrons. The van der Waals surface area contributed by atoms with Gasteiger partial charge >= 0.3 is 5.97 Å². The molecule has 0 bridgehead atoms. The van der Waals surface area contributed by atoms with E-state index in [1.807, 2.05) is 13.8 Å². The van der Waals surface area contributed by atoms with Crippen LogP contribution in [0.3, 0.4) is 0 Å². The smallest absolute Gasteiger partial charge is 0.338 e. The van der Waals surface area contributed by atoms with E-state index in [2.05, 4.69) is 10.6 Å². The summed E-state index contributed by atoms with van der Waals surface area (Å²) in [5.41, 5.74) is 1.97. The summed E-state index contributed by atoms with van der Waals surface area (Å²) >= 11 is 12.0. The second-order valence-electron chi connectivity index (χ2n) is 9.74. The molecule has 0 saturated heterocycles. The maximum Gasteiger partial charge on any atom is 0.338 e. The second kappa shape index (κ2) is 12.5. The number of nitrogens with zero attached hydrogens (tertiary/aromatic N) is 1. The Bertz CT molecular complexity index is 1570. The van der Waals surface area contributed by atoms with Gasteiger partial charge in [-0.1, -0.05) is 43.1 Å². The number of aryl methyl sites for hydroxylation is 1. The van der Waals surface area contributed by atoms with Gasteiger partial charge in [0.25, 0.3) is 17.7 Å². The molecule has 1 heterocycles. The van der Waals surface area contributed by atoms with Crippen LogP contribution in [0.1, 0.15) is 46.5 Å². The summed E-state index contributed by atoms with van der Waals surface area (Å²) in [5.74, 6) is -2.74. The number of esters is 1. The third-order valence-corrected chi connectivity index (χ3v) is 6.90. The van der Waals surface area contributed by atoms with Gasteiger partial charge in [0, 0.05) is 16.9 Å². The highest BCUT2D eigenvalue weighted by molar-refractivity contribution is 6.53. The Hall–Kier alpha value is -4.21. The molecule has 3 amide bonds. The second-order valence-corrected chi connectivity index (χ2v) is 10.5. The average molecular weight is 598 g/mol. The van der Waals surface area contributed by atoms with Crippen molar-refractivity contribution in [2.45, 2.75) is 27.2 Å². The number of carbonyl (C=O) groups excluding carboxylic acids is 4. The first-order valence-corrected chi connectivity index (χ1v) is 13.4. The number of halogens is 3. The highest BCUT2D eigenvalue weighted by atomic mass is 35.5. The van der Waals surface area contributed by atoms with Crippen molar-refractivity contribution in [1.29, 1.82) is 0 Å². The van der Waals surface area contributed by atoms with E-state index in [9.17, 15) is 23.6 Å². The SMILES string of the molecule is Cc1ccc(C(=O)Nc2ccc(C(=O)OCCC(C)C)cc2)cc1NC1=C(Cl)C(=O)N(c2ccc(F)c(Cl)c2)C1=O. The van der Waals surface area contributed by atoms with Gasteiger partial charge in [-0.25, -0.2) is 14.1 Å². The fourth-order valence-corrected chi connectivity index (χ4v) is 4.25. The van der Waals surface area contributed by atoms with Crippen molar-refractivity contribution in [2.24, 2.45) is 5.92 Å². The molecule has 1 aliphatic rings. The van der Waals surface area contributed by atoms with Gasteiger partial charge in [0.05, 0.1) is 22.9 Å². The Morgan fingerprint density at radius 1 is 0.951 bits per heavy atom. The Balaban J connectivity index is 1.46. The molecule has 0 fully saturated rings. The fraction of sp³-hybridized carbons (Fsp3) is 0.200. The molecule has 3 aromatic carbocycles. The number of rotatable bonds is 9. The van der Waals surface area contributed by atoms with Crippen molar-refractivity contribution in [3.05, 3.63) is 98.9 Å². The number of hydrogen-bond acceptors (Lipinski definition) is 6.